The van der Waals surface area contributed by atoms with Crippen molar-refractivity contribution in [1.82, 2.24) is 14.6 Å². The van der Waals surface area contributed by atoms with Gasteiger partial charge in [0.1, 0.15) is 22.4 Å². The standard InChI is InChI=1S/C16H25BrN4O3S/c1-16(2,3)24-15(22)21-6-4-5-11(10-21)8-20-25(23)13-7-12(17)9-19-14(13)18/h7,9,11,20H,4-6,8,10H2,1-3H3,(H2,18,19). The largest absolute Gasteiger partial charge is 0.444 e. The number of nitrogen functional groups attached to an aromatic ring is 1. The molecule has 1 amide bonds. The lowest BCUT2D eigenvalue weighted by Crippen LogP contribution is -2.45. The second kappa shape index (κ2) is 8.46. The minimum absolute atomic E-state index is 0.214. The Morgan fingerprint density at radius 2 is 2.28 bits per heavy atom. The van der Waals surface area contributed by atoms with Crippen LogP contribution in [0.15, 0.2) is 21.6 Å². The number of carbonyl (C=O) groups excluding carboxylic acids is 1. The summed E-state index contributed by atoms with van der Waals surface area (Å²) < 4.78 is 21.6. The van der Waals surface area contributed by atoms with E-state index in [1.807, 2.05) is 20.8 Å². The van der Waals surface area contributed by atoms with Crippen LogP contribution in [0.2, 0.25) is 0 Å². The van der Waals surface area contributed by atoms with Gasteiger partial charge in [-0.05, 0) is 61.5 Å². The fraction of sp³-hybridized carbons (Fsp3) is 0.625. The molecule has 2 rings (SSSR count). The Hall–Kier alpha value is -1.19. The number of ether oxygens (including phenoxy) is 1. The van der Waals surface area contributed by atoms with E-state index in [-0.39, 0.29) is 17.8 Å². The number of aromatic nitrogens is 1. The average Bonchev–Trinajstić information content (AvgIpc) is 2.53. The molecule has 1 aromatic rings. The lowest BCUT2D eigenvalue weighted by atomic mass is 9.99. The van der Waals surface area contributed by atoms with Crippen molar-refractivity contribution in [1.29, 1.82) is 0 Å². The number of halogens is 1. The van der Waals surface area contributed by atoms with Gasteiger partial charge in [0.25, 0.3) is 0 Å². The highest BCUT2D eigenvalue weighted by atomic mass is 79.9. The van der Waals surface area contributed by atoms with Crippen LogP contribution < -0.4 is 10.5 Å². The molecule has 2 atom stereocenters. The van der Waals surface area contributed by atoms with E-state index in [1.54, 1.807) is 17.2 Å². The van der Waals surface area contributed by atoms with E-state index in [9.17, 15) is 9.00 Å². The van der Waals surface area contributed by atoms with Crippen LogP contribution in [0, 0.1) is 5.92 Å². The van der Waals surface area contributed by atoms with Crippen molar-refractivity contribution < 1.29 is 13.7 Å². The Balaban J connectivity index is 1.89. The lowest BCUT2D eigenvalue weighted by Gasteiger charge is -2.34. The Bertz CT molecular complexity index is 651. The predicted molar refractivity (Wildman–Crippen MR) is 101 cm³/mol. The lowest BCUT2D eigenvalue weighted by molar-refractivity contribution is 0.0169. The van der Waals surface area contributed by atoms with Crippen molar-refractivity contribution in [2.45, 2.75) is 44.1 Å². The van der Waals surface area contributed by atoms with E-state index in [0.29, 0.717) is 24.5 Å². The Morgan fingerprint density at radius 1 is 1.56 bits per heavy atom. The van der Waals surface area contributed by atoms with E-state index in [2.05, 4.69) is 25.6 Å². The first-order chi connectivity index (χ1) is 11.7. The minimum atomic E-state index is -1.45. The smallest absolute Gasteiger partial charge is 0.410 e. The molecule has 2 unspecified atom stereocenters. The summed E-state index contributed by atoms with van der Waals surface area (Å²) >= 11 is 3.30. The summed E-state index contributed by atoms with van der Waals surface area (Å²) in [6.07, 6.45) is 3.14. The van der Waals surface area contributed by atoms with E-state index in [1.165, 1.54) is 0 Å². The molecular weight excluding hydrogens is 408 g/mol. The maximum atomic E-state index is 12.4. The van der Waals surface area contributed by atoms with Gasteiger partial charge in [-0.1, -0.05) is 0 Å². The number of pyridine rings is 1. The quantitative estimate of drug-likeness (QED) is 0.761. The van der Waals surface area contributed by atoms with E-state index in [0.717, 1.165) is 17.3 Å². The number of nitrogens with one attached hydrogen (secondary N) is 1. The van der Waals surface area contributed by atoms with E-state index in [4.69, 9.17) is 10.5 Å². The number of hydrogen-bond acceptors (Lipinski definition) is 5. The summed E-state index contributed by atoms with van der Waals surface area (Å²) in [6, 6.07) is 1.69. The van der Waals surface area contributed by atoms with E-state index < -0.39 is 16.6 Å². The van der Waals surface area contributed by atoms with Gasteiger partial charge in [0.2, 0.25) is 0 Å². The topological polar surface area (TPSA) is 97.5 Å². The molecule has 9 heteroatoms. The summed E-state index contributed by atoms with van der Waals surface area (Å²) in [5.74, 6) is 0.458. The number of rotatable bonds is 4. The van der Waals surface area contributed by atoms with Crippen molar-refractivity contribution >= 4 is 38.8 Å². The fourth-order valence-electron chi connectivity index (χ4n) is 2.58. The first-order valence-corrected chi connectivity index (χ1v) is 10.1. The zero-order chi connectivity index (χ0) is 18.6. The highest BCUT2D eigenvalue weighted by Gasteiger charge is 2.27. The maximum Gasteiger partial charge on any atom is 0.410 e. The van der Waals surface area contributed by atoms with Gasteiger partial charge in [0.05, 0.1) is 4.90 Å². The van der Waals surface area contributed by atoms with Gasteiger partial charge in [-0.25, -0.2) is 18.7 Å². The molecule has 7 nitrogen and oxygen atoms in total. The average molecular weight is 433 g/mol. The van der Waals surface area contributed by atoms with Crippen LogP contribution in [0.25, 0.3) is 0 Å². The molecule has 0 aromatic carbocycles. The molecule has 1 aromatic heterocycles. The molecule has 3 N–H and O–H groups in total. The summed E-state index contributed by atoms with van der Waals surface area (Å²) in [7, 11) is -1.45. The first kappa shape index (κ1) is 20.1. The zero-order valence-corrected chi connectivity index (χ0v) is 17.2. The maximum absolute atomic E-state index is 12.4. The highest BCUT2D eigenvalue weighted by Crippen LogP contribution is 2.21. The molecule has 2 heterocycles. The minimum Gasteiger partial charge on any atom is -0.444 e. The molecule has 0 aliphatic carbocycles. The van der Waals surface area contributed by atoms with Gasteiger partial charge in [-0.15, -0.1) is 0 Å². The molecule has 1 fully saturated rings. The first-order valence-electron chi connectivity index (χ1n) is 8.20. The molecule has 0 radical (unpaired) electrons. The predicted octanol–water partition coefficient (Wildman–Crippen LogP) is 2.69. The number of likely N-dealkylation sites (tertiary alicyclic amines) is 1. The fourth-order valence-corrected chi connectivity index (χ4v) is 4.08. The normalized spacial score (nSPS) is 19.5. The summed E-state index contributed by atoms with van der Waals surface area (Å²) in [4.78, 5) is 18.4. The molecule has 25 heavy (non-hydrogen) atoms. The van der Waals surface area contributed by atoms with Crippen molar-refractivity contribution in [2.75, 3.05) is 25.4 Å². The van der Waals surface area contributed by atoms with Crippen LogP contribution in [0.5, 0.6) is 0 Å². The molecule has 0 saturated carbocycles. The summed E-state index contributed by atoms with van der Waals surface area (Å²) in [5, 5.41) is 0. The Morgan fingerprint density at radius 3 is 2.96 bits per heavy atom. The Kier molecular flexibility index (Phi) is 6.81. The van der Waals surface area contributed by atoms with E-state index >= 15 is 0 Å². The molecule has 0 bridgehead atoms. The second-order valence-electron chi connectivity index (χ2n) is 7.09. The van der Waals surface area contributed by atoms with Gasteiger partial charge in [-0.3, -0.25) is 0 Å². The van der Waals surface area contributed by atoms with Gasteiger partial charge in [0, 0.05) is 30.3 Å². The number of hydrogen-bond donors (Lipinski definition) is 2. The highest BCUT2D eigenvalue weighted by molar-refractivity contribution is 9.10. The van der Waals surface area contributed by atoms with Crippen molar-refractivity contribution in [3.63, 3.8) is 0 Å². The van der Waals surface area contributed by atoms with Gasteiger partial charge < -0.3 is 15.4 Å². The summed E-state index contributed by atoms with van der Waals surface area (Å²) in [5.41, 5.74) is 5.28. The number of amides is 1. The number of carbonyl (C=O) groups is 1. The molecule has 1 aliphatic rings. The second-order valence-corrected chi connectivity index (χ2v) is 9.27. The van der Waals surface area contributed by atoms with Crippen LogP contribution in [0.3, 0.4) is 0 Å². The third-order valence-electron chi connectivity index (χ3n) is 3.72. The van der Waals surface area contributed by atoms with Crippen molar-refractivity contribution in [2.24, 2.45) is 5.92 Å². The third kappa shape index (κ3) is 6.23. The molecule has 140 valence electrons. The summed E-state index contributed by atoms with van der Waals surface area (Å²) in [6.45, 7) is 7.37. The SMILES string of the molecule is CC(C)(C)OC(=O)N1CCCC(CNS(=O)c2cc(Br)cnc2N)C1. The van der Waals surface area contributed by atoms with Gasteiger partial charge in [-0.2, -0.15) is 0 Å². The van der Waals surface area contributed by atoms with Crippen molar-refractivity contribution in [3.05, 3.63) is 16.7 Å². The molecule has 1 saturated heterocycles. The zero-order valence-electron chi connectivity index (χ0n) is 14.8. The van der Waals surface area contributed by atoms with Crippen LogP contribution in [0.4, 0.5) is 10.6 Å². The number of nitrogens with zero attached hydrogens (tertiary/aromatic N) is 2. The monoisotopic (exact) mass is 432 g/mol. The molecule has 1 aliphatic heterocycles. The van der Waals surface area contributed by atoms with Crippen LogP contribution in [0.1, 0.15) is 33.6 Å². The van der Waals surface area contributed by atoms with Crippen molar-refractivity contribution in [3.8, 4) is 0 Å². The third-order valence-corrected chi connectivity index (χ3v) is 5.31. The number of piperidine rings is 1. The van der Waals surface area contributed by atoms with Crippen LogP contribution in [-0.4, -0.2) is 45.4 Å². The molecule has 0 spiro atoms. The van der Waals surface area contributed by atoms with Crippen LogP contribution >= 0.6 is 15.9 Å². The Labute approximate surface area is 159 Å². The number of anilines is 1. The van der Waals surface area contributed by atoms with Crippen LogP contribution in [-0.2, 0) is 15.7 Å². The van der Waals surface area contributed by atoms with Gasteiger partial charge in [0.15, 0.2) is 0 Å². The molecular formula is C16H25BrN4O3S. The van der Waals surface area contributed by atoms with Gasteiger partial charge >= 0.3 is 6.09 Å². The number of nitrogens with two attached hydrogens (primary N) is 1.